The van der Waals surface area contributed by atoms with Crippen LogP contribution in [0.4, 0.5) is 0 Å². The largest absolute Gasteiger partial charge is 0.358 e. The lowest BCUT2D eigenvalue weighted by Crippen LogP contribution is -2.49. The maximum atomic E-state index is 12.8. The summed E-state index contributed by atoms with van der Waals surface area (Å²) in [7, 11) is -2.32. The van der Waals surface area contributed by atoms with E-state index in [4.69, 9.17) is 0 Å². The van der Waals surface area contributed by atoms with Gasteiger partial charge < -0.3 is 9.88 Å². The highest BCUT2D eigenvalue weighted by Crippen LogP contribution is 2.19. The smallest absolute Gasteiger partial charge is 0.241 e. The Bertz CT molecular complexity index is 1140. The Balaban J connectivity index is 1.82. The average molecular weight is 429 g/mol. The number of aromatic nitrogens is 2. The molecular weight excluding hydrogens is 400 g/mol. The maximum absolute atomic E-state index is 12.8. The Morgan fingerprint density at radius 2 is 1.80 bits per heavy atom. The summed E-state index contributed by atoms with van der Waals surface area (Å²) in [6.07, 6.45) is 0.678. The first-order valence-corrected chi connectivity index (χ1v) is 11.5. The van der Waals surface area contributed by atoms with Gasteiger partial charge in [-0.25, -0.2) is 13.4 Å². The van der Waals surface area contributed by atoms with E-state index in [1.807, 2.05) is 45.0 Å². The molecule has 30 heavy (non-hydrogen) atoms. The first kappa shape index (κ1) is 22.0. The summed E-state index contributed by atoms with van der Waals surface area (Å²) in [6.45, 7) is 6.32. The zero-order valence-corrected chi connectivity index (χ0v) is 18.5. The summed E-state index contributed by atoms with van der Waals surface area (Å²) in [4.78, 5) is 16.8. The Morgan fingerprint density at radius 3 is 2.43 bits per heavy atom. The summed E-state index contributed by atoms with van der Waals surface area (Å²) < 4.78 is 30.3. The monoisotopic (exact) mass is 428 g/mol. The van der Waals surface area contributed by atoms with Gasteiger partial charge in [-0.1, -0.05) is 44.5 Å². The number of imidazole rings is 1. The van der Waals surface area contributed by atoms with Crippen LogP contribution >= 0.6 is 0 Å². The lowest BCUT2D eigenvalue weighted by molar-refractivity contribution is -0.123. The van der Waals surface area contributed by atoms with Crippen LogP contribution < -0.4 is 10.0 Å². The number of para-hydroxylation sites is 2. The van der Waals surface area contributed by atoms with Crippen LogP contribution in [-0.2, 0) is 21.4 Å². The number of aryl methyl sites for hydroxylation is 1. The molecule has 0 fully saturated rings. The fourth-order valence-corrected chi connectivity index (χ4v) is 4.71. The molecule has 2 N–H and O–H groups in total. The Hall–Kier alpha value is -2.71. The molecule has 0 aliphatic heterocycles. The highest BCUT2D eigenvalue weighted by molar-refractivity contribution is 7.89. The van der Waals surface area contributed by atoms with Gasteiger partial charge in [0.15, 0.2) is 0 Å². The number of fused-ring (bicyclic) bond motifs is 1. The minimum atomic E-state index is -3.82. The molecule has 1 amide bonds. The topological polar surface area (TPSA) is 93.1 Å². The highest BCUT2D eigenvalue weighted by Gasteiger charge is 2.29. The second-order valence-electron chi connectivity index (χ2n) is 7.48. The molecule has 0 aliphatic rings. The Kier molecular flexibility index (Phi) is 6.58. The van der Waals surface area contributed by atoms with Crippen molar-refractivity contribution in [3.05, 3.63) is 59.9 Å². The highest BCUT2D eigenvalue weighted by atomic mass is 32.2. The van der Waals surface area contributed by atoms with Crippen molar-refractivity contribution in [3.63, 3.8) is 0 Å². The van der Waals surface area contributed by atoms with E-state index < -0.39 is 16.1 Å². The minimum Gasteiger partial charge on any atom is -0.358 e. The average Bonchev–Trinajstić information content (AvgIpc) is 3.06. The van der Waals surface area contributed by atoms with E-state index in [1.54, 1.807) is 24.3 Å². The van der Waals surface area contributed by atoms with Crippen molar-refractivity contribution in [3.8, 4) is 0 Å². The molecule has 1 heterocycles. The number of carbonyl (C=O) groups excluding carboxylic acids is 1. The Morgan fingerprint density at radius 1 is 1.13 bits per heavy atom. The molecular formula is C22H28N4O3S. The third-order valence-corrected chi connectivity index (χ3v) is 6.90. The molecule has 0 saturated carbocycles. The molecule has 2 atom stereocenters. The molecule has 7 nitrogen and oxygen atoms in total. The lowest BCUT2D eigenvalue weighted by atomic mass is 10.00. The number of likely N-dealkylation sites (N-methyl/N-ethyl adjacent to an activating group) is 1. The van der Waals surface area contributed by atoms with E-state index >= 15 is 0 Å². The number of hydrogen-bond donors (Lipinski definition) is 2. The van der Waals surface area contributed by atoms with Crippen molar-refractivity contribution in [1.82, 2.24) is 19.6 Å². The third-order valence-electron chi connectivity index (χ3n) is 5.44. The first-order chi connectivity index (χ1) is 14.3. The van der Waals surface area contributed by atoms with Crippen LogP contribution in [0.15, 0.2) is 53.4 Å². The lowest BCUT2D eigenvalue weighted by Gasteiger charge is -2.22. The molecule has 0 bridgehead atoms. The van der Waals surface area contributed by atoms with Crippen molar-refractivity contribution < 1.29 is 13.2 Å². The molecule has 1 unspecified atom stereocenters. The standard InChI is InChI=1S/C22H28N4O3S/c1-5-15(2)21(22(27)23-4)25-30(28,29)18-12-10-17(11-13-18)14-26-16(3)24-19-8-6-7-9-20(19)26/h6-13,15,21,25H,5,14H2,1-4H3,(H,23,27)/t15-,21?/m0/s1. The maximum Gasteiger partial charge on any atom is 0.241 e. The molecule has 1 aromatic heterocycles. The van der Waals surface area contributed by atoms with Gasteiger partial charge in [0.25, 0.3) is 0 Å². The Labute approximate surface area is 177 Å². The normalized spacial score (nSPS) is 13.9. The molecule has 2 aromatic carbocycles. The summed E-state index contributed by atoms with van der Waals surface area (Å²) in [6, 6.07) is 13.8. The first-order valence-electron chi connectivity index (χ1n) is 10.0. The van der Waals surface area contributed by atoms with Crippen molar-refractivity contribution in [2.45, 2.75) is 44.7 Å². The second kappa shape index (κ2) is 8.97. The van der Waals surface area contributed by atoms with Gasteiger partial charge in [-0.05, 0) is 42.7 Å². The second-order valence-corrected chi connectivity index (χ2v) is 9.19. The number of benzene rings is 2. The number of amides is 1. The van der Waals surface area contributed by atoms with Crippen molar-refractivity contribution >= 4 is 27.0 Å². The summed E-state index contributed by atoms with van der Waals surface area (Å²) >= 11 is 0. The van der Waals surface area contributed by atoms with Gasteiger partial charge in [-0.3, -0.25) is 4.79 Å². The van der Waals surface area contributed by atoms with Crippen molar-refractivity contribution in [1.29, 1.82) is 0 Å². The van der Waals surface area contributed by atoms with Crippen LogP contribution in [0.1, 0.15) is 31.7 Å². The molecule has 0 spiro atoms. The number of hydrogen-bond acceptors (Lipinski definition) is 4. The predicted molar refractivity (Wildman–Crippen MR) is 118 cm³/mol. The summed E-state index contributed by atoms with van der Waals surface area (Å²) in [5.74, 6) is 0.431. The molecule has 0 saturated heterocycles. The van der Waals surface area contributed by atoms with Gasteiger partial charge in [0.1, 0.15) is 11.9 Å². The number of nitrogens with one attached hydrogen (secondary N) is 2. The number of carbonyl (C=O) groups is 1. The summed E-state index contributed by atoms with van der Waals surface area (Å²) in [5.41, 5.74) is 2.93. The van der Waals surface area contributed by atoms with Crippen molar-refractivity contribution in [2.75, 3.05) is 7.05 Å². The number of sulfonamides is 1. The van der Waals surface area contributed by atoms with Crippen LogP contribution in [0.3, 0.4) is 0 Å². The van der Waals surface area contributed by atoms with Crippen LogP contribution in [-0.4, -0.2) is 37.0 Å². The molecule has 160 valence electrons. The van der Waals surface area contributed by atoms with Gasteiger partial charge in [0, 0.05) is 13.6 Å². The summed E-state index contributed by atoms with van der Waals surface area (Å²) in [5, 5.41) is 2.53. The van der Waals surface area contributed by atoms with E-state index in [0.717, 1.165) is 22.4 Å². The van der Waals surface area contributed by atoms with Gasteiger partial charge in [0.05, 0.1) is 15.9 Å². The van der Waals surface area contributed by atoms with Crippen LogP contribution in [0.25, 0.3) is 11.0 Å². The molecule has 3 rings (SSSR count). The van der Waals surface area contributed by atoms with Crippen LogP contribution in [0.2, 0.25) is 0 Å². The molecule has 3 aromatic rings. The third kappa shape index (κ3) is 4.55. The van der Waals surface area contributed by atoms with Crippen LogP contribution in [0, 0.1) is 12.8 Å². The van der Waals surface area contributed by atoms with E-state index in [9.17, 15) is 13.2 Å². The van der Waals surface area contributed by atoms with Gasteiger partial charge in [-0.15, -0.1) is 0 Å². The number of nitrogens with zero attached hydrogens (tertiary/aromatic N) is 2. The SMILES string of the molecule is CC[C@H](C)C(NS(=O)(=O)c1ccc(Cn2c(C)nc3ccccc32)cc1)C(=O)NC. The zero-order valence-electron chi connectivity index (χ0n) is 17.7. The zero-order chi connectivity index (χ0) is 21.9. The molecule has 8 heteroatoms. The van der Waals surface area contributed by atoms with Crippen molar-refractivity contribution in [2.24, 2.45) is 5.92 Å². The minimum absolute atomic E-state index is 0.128. The van der Waals surface area contributed by atoms with Gasteiger partial charge in [0.2, 0.25) is 15.9 Å². The van der Waals surface area contributed by atoms with E-state index in [-0.39, 0.29) is 16.7 Å². The van der Waals surface area contributed by atoms with E-state index in [1.165, 1.54) is 7.05 Å². The van der Waals surface area contributed by atoms with E-state index in [2.05, 4.69) is 19.6 Å². The van der Waals surface area contributed by atoms with Gasteiger partial charge in [-0.2, -0.15) is 4.72 Å². The van der Waals surface area contributed by atoms with Gasteiger partial charge >= 0.3 is 0 Å². The quantitative estimate of drug-likeness (QED) is 0.577. The fourth-order valence-electron chi connectivity index (χ4n) is 3.41. The number of rotatable bonds is 8. The van der Waals surface area contributed by atoms with E-state index in [0.29, 0.717) is 13.0 Å². The fraction of sp³-hybridized carbons (Fsp3) is 0.364. The molecule has 0 radical (unpaired) electrons. The predicted octanol–water partition coefficient (Wildman–Crippen LogP) is 2.83. The molecule has 0 aliphatic carbocycles. The van der Waals surface area contributed by atoms with Crippen LogP contribution in [0.5, 0.6) is 0 Å².